The lowest BCUT2D eigenvalue weighted by Crippen LogP contribution is -2.38. The molecule has 3 N–H and O–H groups in total. The van der Waals surface area contributed by atoms with Crippen LogP contribution in [-0.4, -0.2) is 39.7 Å². The van der Waals surface area contributed by atoms with Crippen LogP contribution < -0.4 is 20.1 Å². The van der Waals surface area contributed by atoms with Gasteiger partial charge in [0.15, 0.2) is 0 Å². The Morgan fingerprint density at radius 2 is 1.73 bits per heavy atom. The Hall–Kier alpha value is -3.06. The molecule has 0 radical (unpaired) electrons. The highest BCUT2D eigenvalue weighted by Gasteiger charge is 2.31. The minimum Gasteiger partial charge on any atom is -0.467 e. The van der Waals surface area contributed by atoms with Crippen LogP contribution in [0.25, 0.3) is 0 Å². The number of ether oxygens (including phenoxy) is 1. The normalized spacial score (nSPS) is 11.7. The predicted octanol–water partition coefficient (Wildman–Crippen LogP) is 1.28. The molecule has 1 heterocycles. The van der Waals surface area contributed by atoms with Gasteiger partial charge in [-0.1, -0.05) is 0 Å². The molecule has 0 aliphatic rings. The first-order valence-corrected chi connectivity index (χ1v) is 9.95. The zero-order valence-corrected chi connectivity index (χ0v) is 16.2. The number of alkyl halides is 3. The number of rotatable bonds is 10. The fourth-order valence-electron chi connectivity index (χ4n) is 2.13. The van der Waals surface area contributed by atoms with Crippen LogP contribution in [0, 0.1) is 0 Å². The monoisotopic (exact) mass is 449 g/mol. The van der Waals surface area contributed by atoms with E-state index in [0.29, 0.717) is 5.76 Å². The predicted molar refractivity (Wildman–Crippen MR) is 96.5 cm³/mol. The van der Waals surface area contributed by atoms with Crippen LogP contribution in [0.4, 0.5) is 13.2 Å². The number of carbonyl (C=O) groups excluding carboxylic acids is 2. The minimum atomic E-state index is -4.89. The van der Waals surface area contributed by atoms with E-state index in [9.17, 15) is 31.2 Å². The highest BCUT2D eigenvalue weighted by molar-refractivity contribution is 7.89. The standard InChI is InChI=1S/C17H18F3N3O6S/c18-17(19,20)29-12-3-5-14(6-4-12)30(26,27)23-8-7-15(24)22-11-16(25)21-10-13-2-1-9-28-13/h1-6,9,23H,7-8,10-11H2,(H,21,25)(H,22,24). The lowest BCUT2D eigenvalue weighted by atomic mass is 10.3. The number of furan rings is 1. The quantitative estimate of drug-likeness (QED) is 0.502. The summed E-state index contributed by atoms with van der Waals surface area (Å²) >= 11 is 0. The SMILES string of the molecule is O=C(CCNS(=O)(=O)c1ccc(OC(F)(F)F)cc1)NCC(=O)NCc1ccco1. The Bertz CT molecular complexity index is 944. The minimum absolute atomic E-state index is 0.161. The third-order valence-corrected chi connectivity index (χ3v) is 4.97. The first-order valence-electron chi connectivity index (χ1n) is 8.46. The summed E-state index contributed by atoms with van der Waals surface area (Å²) in [6, 6.07) is 6.92. The topological polar surface area (TPSA) is 127 Å². The first kappa shape index (κ1) is 23.2. The third kappa shape index (κ3) is 8.13. The smallest absolute Gasteiger partial charge is 0.467 e. The second-order valence-electron chi connectivity index (χ2n) is 5.80. The van der Waals surface area contributed by atoms with Crippen LogP contribution in [-0.2, 0) is 26.2 Å². The van der Waals surface area contributed by atoms with E-state index in [4.69, 9.17) is 4.42 Å². The van der Waals surface area contributed by atoms with Crippen LogP contribution in [0.1, 0.15) is 12.2 Å². The summed E-state index contributed by atoms with van der Waals surface area (Å²) in [5, 5.41) is 4.85. The molecule has 0 saturated carbocycles. The van der Waals surface area contributed by atoms with E-state index in [0.717, 1.165) is 24.3 Å². The number of nitrogens with one attached hydrogen (secondary N) is 3. The van der Waals surface area contributed by atoms with E-state index in [1.807, 2.05) is 0 Å². The summed E-state index contributed by atoms with van der Waals surface area (Å²) in [4.78, 5) is 23.0. The van der Waals surface area contributed by atoms with Crippen molar-refractivity contribution in [3.63, 3.8) is 0 Å². The highest BCUT2D eigenvalue weighted by atomic mass is 32.2. The fraction of sp³-hybridized carbons (Fsp3) is 0.294. The molecule has 0 aliphatic carbocycles. The molecule has 164 valence electrons. The lowest BCUT2D eigenvalue weighted by Gasteiger charge is -2.10. The zero-order valence-electron chi connectivity index (χ0n) is 15.4. The van der Waals surface area contributed by atoms with Gasteiger partial charge in [0.25, 0.3) is 0 Å². The van der Waals surface area contributed by atoms with E-state index in [2.05, 4.69) is 20.1 Å². The van der Waals surface area contributed by atoms with Crippen molar-refractivity contribution in [2.75, 3.05) is 13.1 Å². The second-order valence-corrected chi connectivity index (χ2v) is 7.57. The molecule has 2 rings (SSSR count). The Morgan fingerprint density at radius 1 is 1.03 bits per heavy atom. The van der Waals surface area contributed by atoms with Crippen molar-refractivity contribution in [3.05, 3.63) is 48.4 Å². The van der Waals surface area contributed by atoms with Crippen molar-refractivity contribution in [2.45, 2.75) is 24.2 Å². The van der Waals surface area contributed by atoms with Crippen molar-refractivity contribution >= 4 is 21.8 Å². The maximum atomic E-state index is 12.1. The van der Waals surface area contributed by atoms with E-state index in [1.165, 1.54) is 6.26 Å². The highest BCUT2D eigenvalue weighted by Crippen LogP contribution is 2.23. The summed E-state index contributed by atoms with van der Waals surface area (Å²) in [7, 11) is -4.04. The maximum Gasteiger partial charge on any atom is 0.573 e. The van der Waals surface area contributed by atoms with Crippen molar-refractivity contribution in [3.8, 4) is 5.75 Å². The molecule has 0 unspecified atom stereocenters. The van der Waals surface area contributed by atoms with Gasteiger partial charge in [0.2, 0.25) is 21.8 Å². The van der Waals surface area contributed by atoms with Gasteiger partial charge in [-0.2, -0.15) is 0 Å². The van der Waals surface area contributed by atoms with Crippen LogP contribution in [0.2, 0.25) is 0 Å². The molecular weight excluding hydrogens is 431 g/mol. The van der Waals surface area contributed by atoms with E-state index in [1.54, 1.807) is 12.1 Å². The van der Waals surface area contributed by atoms with Crippen LogP contribution in [0.3, 0.4) is 0 Å². The van der Waals surface area contributed by atoms with E-state index < -0.39 is 33.9 Å². The number of hydrogen-bond acceptors (Lipinski definition) is 6. The Morgan fingerprint density at radius 3 is 2.33 bits per heavy atom. The van der Waals surface area contributed by atoms with Crippen LogP contribution >= 0.6 is 0 Å². The lowest BCUT2D eigenvalue weighted by molar-refractivity contribution is -0.274. The molecule has 0 saturated heterocycles. The molecule has 0 aliphatic heterocycles. The molecule has 30 heavy (non-hydrogen) atoms. The molecule has 1 aromatic heterocycles. The maximum absolute atomic E-state index is 12.1. The van der Waals surface area contributed by atoms with Crippen molar-refractivity contribution in [1.82, 2.24) is 15.4 Å². The zero-order chi connectivity index (χ0) is 22.2. The van der Waals surface area contributed by atoms with Gasteiger partial charge in [-0.25, -0.2) is 13.1 Å². The van der Waals surface area contributed by atoms with Gasteiger partial charge < -0.3 is 19.8 Å². The summed E-state index contributed by atoms with van der Waals surface area (Å²) in [6.45, 7) is -0.412. The van der Waals surface area contributed by atoms with E-state index in [-0.39, 0.29) is 31.0 Å². The number of halogens is 3. The molecule has 0 fully saturated rings. The largest absolute Gasteiger partial charge is 0.573 e. The molecule has 0 atom stereocenters. The number of sulfonamides is 1. The van der Waals surface area contributed by atoms with Gasteiger partial charge in [-0.05, 0) is 36.4 Å². The first-order chi connectivity index (χ1) is 14.0. The third-order valence-electron chi connectivity index (χ3n) is 3.50. The number of amides is 2. The molecule has 2 aromatic rings. The van der Waals surface area contributed by atoms with Gasteiger partial charge in [-0.3, -0.25) is 9.59 Å². The van der Waals surface area contributed by atoms with Gasteiger partial charge in [0.1, 0.15) is 11.5 Å². The summed E-state index contributed by atoms with van der Waals surface area (Å²) < 4.78 is 71.4. The van der Waals surface area contributed by atoms with Gasteiger partial charge in [0.05, 0.1) is 24.2 Å². The Balaban J connectivity index is 1.71. The molecule has 2 amide bonds. The summed E-state index contributed by atoms with van der Waals surface area (Å²) in [6.07, 6.45) is -3.68. The molecule has 9 nitrogen and oxygen atoms in total. The summed E-state index contributed by atoms with van der Waals surface area (Å²) in [5.74, 6) is -1.05. The van der Waals surface area contributed by atoms with Gasteiger partial charge in [-0.15, -0.1) is 13.2 Å². The molecular formula is C17H18F3N3O6S. The van der Waals surface area contributed by atoms with Crippen LogP contribution in [0.15, 0.2) is 52.0 Å². The fourth-order valence-corrected chi connectivity index (χ4v) is 3.16. The molecule has 13 heteroatoms. The Labute approximate surface area is 169 Å². The number of hydrogen-bond donors (Lipinski definition) is 3. The van der Waals surface area contributed by atoms with Gasteiger partial charge >= 0.3 is 6.36 Å². The summed E-state index contributed by atoms with van der Waals surface area (Å²) in [5.41, 5.74) is 0. The number of benzene rings is 1. The van der Waals surface area contributed by atoms with Gasteiger partial charge in [0, 0.05) is 13.0 Å². The average Bonchev–Trinajstić information content (AvgIpc) is 3.17. The number of carbonyl (C=O) groups is 2. The molecule has 0 spiro atoms. The Kier molecular flexibility index (Phi) is 7.83. The van der Waals surface area contributed by atoms with Crippen molar-refractivity contribution in [2.24, 2.45) is 0 Å². The molecule has 0 bridgehead atoms. The van der Waals surface area contributed by atoms with Crippen LogP contribution in [0.5, 0.6) is 5.75 Å². The average molecular weight is 449 g/mol. The molecule has 1 aromatic carbocycles. The van der Waals surface area contributed by atoms with Crippen molar-refractivity contribution < 1.29 is 40.3 Å². The van der Waals surface area contributed by atoms with E-state index >= 15 is 0 Å². The second kappa shape index (κ2) is 10.1. The van der Waals surface area contributed by atoms with Crippen molar-refractivity contribution in [1.29, 1.82) is 0 Å².